The number of aryl methyl sites for hydroxylation is 1. The molecular formula is C17H18O4. The summed E-state index contributed by atoms with van der Waals surface area (Å²) in [4.78, 5) is 20.3. The maximum atomic E-state index is 10.2. The summed E-state index contributed by atoms with van der Waals surface area (Å²) >= 11 is 0. The molecule has 0 radical (unpaired) electrons. The van der Waals surface area contributed by atoms with Gasteiger partial charge < -0.3 is 10.2 Å². The SMILES string of the molecule is O=C(O)CCc1ccccc1.O=C(O)Cc1ccccc1. The van der Waals surface area contributed by atoms with E-state index in [0.717, 1.165) is 11.1 Å². The zero-order valence-corrected chi connectivity index (χ0v) is 11.6. The van der Waals surface area contributed by atoms with Gasteiger partial charge in [-0.05, 0) is 17.5 Å². The largest absolute Gasteiger partial charge is 0.481 e. The number of benzene rings is 2. The molecule has 2 aromatic carbocycles. The molecule has 110 valence electrons. The summed E-state index contributed by atoms with van der Waals surface area (Å²) in [5.74, 6) is -1.53. The van der Waals surface area contributed by atoms with E-state index in [1.807, 2.05) is 48.5 Å². The summed E-state index contributed by atoms with van der Waals surface area (Å²) in [5.41, 5.74) is 1.92. The van der Waals surface area contributed by atoms with Gasteiger partial charge in [0.25, 0.3) is 0 Å². The van der Waals surface area contributed by atoms with Crippen molar-refractivity contribution in [3.63, 3.8) is 0 Å². The van der Waals surface area contributed by atoms with E-state index in [4.69, 9.17) is 10.2 Å². The van der Waals surface area contributed by atoms with Gasteiger partial charge in [-0.3, -0.25) is 9.59 Å². The smallest absolute Gasteiger partial charge is 0.307 e. The third-order valence-corrected chi connectivity index (χ3v) is 2.67. The number of hydrogen-bond acceptors (Lipinski definition) is 2. The number of carboxylic acid groups (broad SMARTS) is 2. The first kappa shape index (κ1) is 16.4. The summed E-state index contributed by atoms with van der Waals surface area (Å²) in [6, 6.07) is 18.7. The summed E-state index contributed by atoms with van der Waals surface area (Å²) in [5, 5.41) is 16.7. The lowest BCUT2D eigenvalue weighted by atomic mass is 10.1. The molecule has 0 saturated carbocycles. The number of carboxylic acids is 2. The Labute approximate surface area is 123 Å². The average molecular weight is 286 g/mol. The zero-order valence-electron chi connectivity index (χ0n) is 11.6. The fourth-order valence-electron chi connectivity index (χ4n) is 1.67. The highest BCUT2D eigenvalue weighted by Gasteiger charge is 1.97. The van der Waals surface area contributed by atoms with Crippen LogP contribution in [0.2, 0.25) is 0 Å². The Morgan fingerprint density at radius 2 is 1.19 bits per heavy atom. The van der Waals surface area contributed by atoms with Crippen molar-refractivity contribution in [3.05, 3.63) is 71.8 Å². The molecule has 4 heteroatoms. The van der Waals surface area contributed by atoms with Crippen LogP contribution in [0, 0.1) is 0 Å². The van der Waals surface area contributed by atoms with Crippen molar-refractivity contribution in [1.29, 1.82) is 0 Å². The van der Waals surface area contributed by atoms with Gasteiger partial charge in [0.1, 0.15) is 0 Å². The zero-order chi connectivity index (χ0) is 15.5. The molecule has 0 atom stereocenters. The Morgan fingerprint density at radius 3 is 1.62 bits per heavy atom. The van der Waals surface area contributed by atoms with Crippen LogP contribution in [0.1, 0.15) is 17.5 Å². The topological polar surface area (TPSA) is 74.6 Å². The van der Waals surface area contributed by atoms with Crippen LogP contribution in [0.25, 0.3) is 0 Å². The Morgan fingerprint density at radius 1 is 0.714 bits per heavy atom. The molecule has 0 fully saturated rings. The standard InChI is InChI=1S/C9H10O2.C8H8O2/c10-9(11)7-6-8-4-2-1-3-5-8;9-8(10)6-7-4-2-1-3-5-7/h1-5H,6-7H2,(H,10,11);1-5H,6H2,(H,9,10). The van der Waals surface area contributed by atoms with Crippen LogP contribution < -0.4 is 0 Å². The van der Waals surface area contributed by atoms with Gasteiger partial charge >= 0.3 is 11.9 Å². The summed E-state index contributed by atoms with van der Waals surface area (Å²) in [6.07, 6.45) is 0.945. The predicted molar refractivity (Wildman–Crippen MR) is 80.2 cm³/mol. The van der Waals surface area contributed by atoms with Crippen molar-refractivity contribution in [2.45, 2.75) is 19.3 Å². The van der Waals surface area contributed by atoms with Crippen LogP contribution in [0.15, 0.2) is 60.7 Å². The maximum absolute atomic E-state index is 10.2. The summed E-state index contributed by atoms with van der Waals surface area (Å²) in [6.45, 7) is 0. The van der Waals surface area contributed by atoms with Gasteiger partial charge in [0, 0.05) is 6.42 Å². The third kappa shape index (κ3) is 8.21. The van der Waals surface area contributed by atoms with Crippen LogP contribution >= 0.6 is 0 Å². The molecule has 0 spiro atoms. The molecule has 2 aromatic rings. The molecule has 0 unspecified atom stereocenters. The molecule has 0 aliphatic rings. The Kier molecular flexibility index (Phi) is 7.29. The monoisotopic (exact) mass is 286 g/mol. The lowest BCUT2D eigenvalue weighted by Gasteiger charge is -1.95. The lowest BCUT2D eigenvalue weighted by Crippen LogP contribution is -1.98. The fraction of sp³-hybridized carbons (Fsp3) is 0.176. The number of carbonyl (C=O) groups is 2. The molecule has 4 nitrogen and oxygen atoms in total. The highest BCUT2D eigenvalue weighted by Crippen LogP contribution is 2.01. The Bertz CT molecular complexity index is 550. The minimum atomic E-state index is -0.786. The first-order valence-corrected chi connectivity index (χ1v) is 6.59. The van der Waals surface area contributed by atoms with Crippen LogP contribution in [-0.4, -0.2) is 22.2 Å². The van der Waals surface area contributed by atoms with Crippen LogP contribution in [0.5, 0.6) is 0 Å². The molecule has 0 aliphatic heterocycles. The third-order valence-electron chi connectivity index (χ3n) is 2.67. The molecule has 21 heavy (non-hydrogen) atoms. The second kappa shape index (κ2) is 9.31. The Hall–Kier alpha value is -2.62. The molecule has 0 heterocycles. The molecule has 0 saturated heterocycles. The molecular weight excluding hydrogens is 268 g/mol. The molecule has 0 bridgehead atoms. The molecule has 2 N–H and O–H groups in total. The molecule has 2 rings (SSSR count). The van der Waals surface area contributed by atoms with Crippen molar-refractivity contribution >= 4 is 11.9 Å². The van der Waals surface area contributed by atoms with Gasteiger partial charge in [-0.15, -0.1) is 0 Å². The van der Waals surface area contributed by atoms with E-state index in [1.165, 1.54) is 0 Å². The second-order valence-electron chi connectivity index (χ2n) is 4.44. The first-order chi connectivity index (χ1) is 10.1. The molecule has 0 amide bonds. The van der Waals surface area contributed by atoms with Crippen LogP contribution in [0.4, 0.5) is 0 Å². The molecule has 0 aromatic heterocycles. The van der Waals surface area contributed by atoms with Crippen molar-refractivity contribution in [2.24, 2.45) is 0 Å². The van der Waals surface area contributed by atoms with Crippen molar-refractivity contribution in [2.75, 3.05) is 0 Å². The second-order valence-corrected chi connectivity index (χ2v) is 4.44. The van der Waals surface area contributed by atoms with E-state index in [9.17, 15) is 9.59 Å². The minimum absolute atomic E-state index is 0.112. The highest BCUT2D eigenvalue weighted by atomic mass is 16.4. The Balaban J connectivity index is 0.000000211. The maximum Gasteiger partial charge on any atom is 0.307 e. The van der Waals surface area contributed by atoms with E-state index in [1.54, 1.807) is 12.1 Å². The fourth-order valence-corrected chi connectivity index (χ4v) is 1.67. The van der Waals surface area contributed by atoms with Crippen molar-refractivity contribution in [3.8, 4) is 0 Å². The van der Waals surface area contributed by atoms with Crippen LogP contribution in [-0.2, 0) is 22.4 Å². The summed E-state index contributed by atoms with van der Waals surface area (Å²) in [7, 11) is 0. The predicted octanol–water partition coefficient (Wildman–Crippen LogP) is 3.02. The van der Waals surface area contributed by atoms with E-state index in [-0.39, 0.29) is 12.8 Å². The summed E-state index contributed by atoms with van der Waals surface area (Å²) < 4.78 is 0. The number of hydrogen-bond donors (Lipinski definition) is 2. The van der Waals surface area contributed by atoms with E-state index >= 15 is 0 Å². The number of rotatable bonds is 5. The highest BCUT2D eigenvalue weighted by molar-refractivity contribution is 5.70. The van der Waals surface area contributed by atoms with Crippen molar-refractivity contribution in [1.82, 2.24) is 0 Å². The van der Waals surface area contributed by atoms with Gasteiger partial charge in [-0.25, -0.2) is 0 Å². The lowest BCUT2D eigenvalue weighted by molar-refractivity contribution is -0.137. The van der Waals surface area contributed by atoms with E-state index in [2.05, 4.69) is 0 Å². The van der Waals surface area contributed by atoms with Gasteiger partial charge in [-0.2, -0.15) is 0 Å². The normalized spacial score (nSPS) is 9.33. The quantitative estimate of drug-likeness (QED) is 0.886. The minimum Gasteiger partial charge on any atom is -0.481 e. The van der Waals surface area contributed by atoms with Gasteiger partial charge in [-0.1, -0.05) is 60.7 Å². The number of aliphatic carboxylic acids is 2. The van der Waals surface area contributed by atoms with Gasteiger partial charge in [0.2, 0.25) is 0 Å². The van der Waals surface area contributed by atoms with E-state index < -0.39 is 11.9 Å². The first-order valence-electron chi connectivity index (χ1n) is 6.59. The van der Waals surface area contributed by atoms with Crippen LogP contribution in [0.3, 0.4) is 0 Å². The van der Waals surface area contributed by atoms with Gasteiger partial charge in [0.15, 0.2) is 0 Å². The average Bonchev–Trinajstić information content (AvgIpc) is 2.47. The van der Waals surface area contributed by atoms with Gasteiger partial charge in [0.05, 0.1) is 6.42 Å². The van der Waals surface area contributed by atoms with Crippen molar-refractivity contribution < 1.29 is 19.8 Å². The molecule has 0 aliphatic carbocycles. The van der Waals surface area contributed by atoms with E-state index in [0.29, 0.717) is 6.42 Å².